The standard InChI is InChI=1S/C14H11FN2S/c1-18-12-5-2-10(3-6-12)13-9-17-8-11(15)4-7-14(17)16-13/h2-9H,1H3. The minimum absolute atomic E-state index is 0.260. The normalized spacial score (nSPS) is 11.0. The summed E-state index contributed by atoms with van der Waals surface area (Å²) in [5, 5.41) is 0. The summed E-state index contributed by atoms with van der Waals surface area (Å²) in [6, 6.07) is 11.3. The average Bonchev–Trinajstić information content (AvgIpc) is 2.81. The summed E-state index contributed by atoms with van der Waals surface area (Å²) in [4.78, 5) is 5.69. The maximum Gasteiger partial charge on any atom is 0.139 e. The van der Waals surface area contributed by atoms with Crippen LogP contribution in [0.4, 0.5) is 4.39 Å². The third-order valence-electron chi connectivity index (χ3n) is 2.80. The zero-order valence-corrected chi connectivity index (χ0v) is 10.6. The lowest BCUT2D eigenvalue weighted by atomic mass is 10.2. The van der Waals surface area contributed by atoms with Crippen molar-refractivity contribution in [2.75, 3.05) is 6.26 Å². The van der Waals surface area contributed by atoms with Gasteiger partial charge < -0.3 is 4.40 Å². The smallest absolute Gasteiger partial charge is 0.139 e. The Morgan fingerprint density at radius 3 is 2.56 bits per heavy atom. The number of pyridine rings is 1. The van der Waals surface area contributed by atoms with E-state index in [0.29, 0.717) is 0 Å². The molecule has 0 aliphatic carbocycles. The fraction of sp³-hybridized carbons (Fsp3) is 0.0714. The lowest BCUT2D eigenvalue weighted by Gasteiger charge is -1.98. The van der Waals surface area contributed by atoms with E-state index >= 15 is 0 Å². The van der Waals surface area contributed by atoms with Gasteiger partial charge in [-0.05, 0) is 30.5 Å². The van der Waals surface area contributed by atoms with Crippen LogP contribution in [0.5, 0.6) is 0 Å². The zero-order valence-electron chi connectivity index (χ0n) is 9.80. The fourth-order valence-electron chi connectivity index (χ4n) is 1.87. The van der Waals surface area contributed by atoms with Crippen LogP contribution in [0.3, 0.4) is 0 Å². The zero-order chi connectivity index (χ0) is 12.5. The molecule has 0 spiro atoms. The lowest BCUT2D eigenvalue weighted by Crippen LogP contribution is -1.83. The van der Waals surface area contributed by atoms with E-state index in [2.05, 4.69) is 17.1 Å². The minimum atomic E-state index is -0.260. The van der Waals surface area contributed by atoms with Gasteiger partial charge in [0.25, 0.3) is 0 Å². The molecule has 3 rings (SSSR count). The molecule has 2 heterocycles. The van der Waals surface area contributed by atoms with Crippen molar-refractivity contribution in [1.29, 1.82) is 0 Å². The van der Waals surface area contributed by atoms with Gasteiger partial charge in [-0.25, -0.2) is 9.37 Å². The van der Waals surface area contributed by atoms with E-state index < -0.39 is 0 Å². The van der Waals surface area contributed by atoms with Crippen LogP contribution in [-0.4, -0.2) is 15.6 Å². The van der Waals surface area contributed by atoms with Crippen LogP contribution in [0.2, 0.25) is 0 Å². The van der Waals surface area contributed by atoms with E-state index in [1.165, 1.54) is 17.2 Å². The number of rotatable bonds is 2. The average molecular weight is 258 g/mol. The van der Waals surface area contributed by atoms with Gasteiger partial charge in [0.2, 0.25) is 0 Å². The number of aromatic nitrogens is 2. The van der Waals surface area contributed by atoms with Crippen molar-refractivity contribution in [2.45, 2.75) is 4.90 Å². The van der Waals surface area contributed by atoms with Crippen LogP contribution >= 0.6 is 11.8 Å². The monoisotopic (exact) mass is 258 g/mol. The maximum absolute atomic E-state index is 13.1. The molecule has 0 unspecified atom stereocenters. The molecule has 1 aromatic carbocycles. The molecule has 0 amide bonds. The quantitative estimate of drug-likeness (QED) is 0.649. The highest BCUT2D eigenvalue weighted by Crippen LogP contribution is 2.22. The van der Waals surface area contributed by atoms with Crippen molar-refractivity contribution in [1.82, 2.24) is 9.38 Å². The molecule has 0 aliphatic rings. The Hall–Kier alpha value is -1.81. The topological polar surface area (TPSA) is 17.3 Å². The first-order valence-corrected chi connectivity index (χ1v) is 6.77. The van der Waals surface area contributed by atoms with Gasteiger partial charge in [0.1, 0.15) is 11.5 Å². The van der Waals surface area contributed by atoms with Crippen LogP contribution in [0.25, 0.3) is 16.9 Å². The summed E-state index contributed by atoms with van der Waals surface area (Å²) < 4.78 is 14.8. The molecule has 2 nitrogen and oxygen atoms in total. The highest BCUT2D eigenvalue weighted by molar-refractivity contribution is 7.98. The number of halogens is 1. The summed E-state index contributed by atoms with van der Waals surface area (Å²) in [7, 11) is 0. The van der Waals surface area contributed by atoms with Gasteiger partial charge in [-0.1, -0.05) is 12.1 Å². The SMILES string of the molecule is CSc1ccc(-c2cn3cc(F)ccc3n2)cc1. The number of benzene rings is 1. The number of thioether (sulfide) groups is 1. The summed E-state index contributed by atoms with van der Waals surface area (Å²) in [5.41, 5.74) is 2.64. The van der Waals surface area contributed by atoms with Gasteiger partial charge >= 0.3 is 0 Å². The summed E-state index contributed by atoms with van der Waals surface area (Å²) >= 11 is 1.70. The number of hydrogen-bond acceptors (Lipinski definition) is 2. The highest BCUT2D eigenvalue weighted by atomic mass is 32.2. The van der Waals surface area contributed by atoms with E-state index in [9.17, 15) is 4.39 Å². The summed E-state index contributed by atoms with van der Waals surface area (Å²) in [6.45, 7) is 0. The van der Waals surface area contributed by atoms with E-state index in [1.54, 1.807) is 22.2 Å². The number of nitrogens with zero attached hydrogens (tertiary/aromatic N) is 2. The van der Waals surface area contributed by atoms with Crippen LogP contribution in [-0.2, 0) is 0 Å². The van der Waals surface area contributed by atoms with Crippen molar-refractivity contribution in [2.24, 2.45) is 0 Å². The predicted octanol–water partition coefficient (Wildman–Crippen LogP) is 3.86. The third-order valence-corrected chi connectivity index (χ3v) is 3.54. The Morgan fingerprint density at radius 1 is 1.06 bits per heavy atom. The van der Waals surface area contributed by atoms with Crippen molar-refractivity contribution in [3.63, 3.8) is 0 Å². The van der Waals surface area contributed by atoms with Crippen LogP contribution < -0.4 is 0 Å². The molecule has 0 radical (unpaired) electrons. The second kappa shape index (κ2) is 4.46. The molecule has 90 valence electrons. The molecule has 18 heavy (non-hydrogen) atoms. The summed E-state index contributed by atoms with van der Waals surface area (Å²) in [6.07, 6.45) is 5.32. The Bertz CT molecular complexity index is 689. The van der Waals surface area contributed by atoms with E-state index in [0.717, 1.165) is 16.9 Å². The van der Waals surface area contributed by atoms with Crippen molar-refractivity contribution >= 4 is 17.4 Å². The molecule has 4 heteroatoms. The van der Waals surface area contributed by atoms with Gasteiger partial charge in [0.15, 0.2) is 0 Å². The Balaban J connectivity index is 2.07. The molecule has 0 saturated heterocycles. The van der Waals surface area contributed by atoms with E-state index in [1.807, 2.05) is 24.6 Å². The van der Waals surface area contributed by atoms with E-state index in [4.69, 9.17) is 0 Å². The van der Waals surface area contributed by atoms with Crippen molar-refractivity contribution in [3.8, 4) is 11.3 Å². The Labute approximate surface area is 108 Å². The van der Waals surface area contributed by atoms with Crippen LogP contribution in [0.1, 0.15) is 0 Å². The van der Waals surface area contributed by atoms with E-state index in [-0.39, 0.29) is 5.82 Å². The Morgan fingerprint density at radius 2 is 1.83 bits per heavy atom. The number of imidazole rings is 1. The number of fused-ring (bicyclic) bond motifs is 1. The van der Waals surface area contributed by atoms with Gasteiger partial charge in [-0.2, -0.15) is 0 Å². The Kier molecular flexibility index (Phi) is 2.80. The third kappa shape index (κ3) is 1.99. The summed E-state index contributed by atoms with van der Waals surface area (Å²) in [5.74, 6) is -0.260. The second-order valence-corrected chi connectivity index (χ2v) is 4.85. The van der Waals surface area contributed by atoms with Crippen molar-refractivity contribution in [3.05, 3.63) is 54.6 Å². The highest BCUT2D eigenvalue weighted by Gasteiger charge is 2.04. The molecule has 0 saturated carbocycles. The van der Waals surface area contributed by atoms with Gasteiger partial charge in [-0.15, -0.1) is 11.8 Å². The van der Waals surface area contributed by atoms with Gasteiger partial charge in [-0.3, -0.25) is 0 Å². The first-order valence-electron chi connectivity index (χ1n) is 5.55. The molecule has 3 aromatic rings. The lowest BCUT2D eigenvalue weighted by molar-refractivity contribution is 0.619. The van der Waals surface area contributed by atoms with Gasteiger partial charge in [0, 0.05) is 22.9 Å². The molecule has 2 aromatic heterocycles. The maximum atomic E-state index is 13.1. The second-order valence-electron chi connectivity index (χ2n) is 3.97. The minimum Gasteiger partial charge on any atom is -0.304 e. The molecule has 0 aliphatic heterocycles. The first-order chi connectivity index (χ1) is 8.76. The molecular formula is C14H11FN2S. The molecule has 0 N–H and O–H groups in total. The van der Waals surface area contributed by atoms with Gasteiger partial charge in [0.05, 0.1) is 5.69 Å². The molecule has 0 fully saturated rings. The predicted molar refractivity (Wildman–Crippen MR) is 72.4 cm³/mol. The fourth-order valence-corrected chi connectivity index (χ4v) is 2.27. The molecular weight excluding hydrogens is 247 g/mol. The molecule has 0 bridgehead atoms. The molecule has 0 atom stereocenters. The largest absolute Gasteiger partial charge is 0.304 e. The number of hydrogen-bond donors (Lipinski definition) is 0. The van der Waals surface area contributed by atoms with Crippen LogP contribution in [0, 0.1) is 5.82 Å². The first kappa shape index (κ1) is 11.3. The van der Waals surface area contributed by atoms with Crippen LogP contribution in [0.15, 0.2) is 53.7 Å². The van der Waals surface area contributed by atoms with Crippen molar-refractivity contribution < 1.29 is 4.39 Å².